The molecule has 1 spiro atoms. The summed E-state index contributed by atoms with van der Waals surface area (Å²) in [5.41, 5.74) is 16.2. The lowest BCUT2D eigenvalue weighted by atomic mass is 9.66. The van der Waals surface area contributed by atoms with Gasteiger partial charge in [-0.25, -0.2) is 9.97 Å². The zero-order chi connectivity index (χ0) is 36.3. The molecule has 1 fully saturated rings. The van der Waals surface area contributed by atoms with E-state index in [1.165, 1.54) is 91.2 Å². The summed E-state index contributed by atoms with van der Waals surface area (Å²) in [7, 11) is 0. The summed E-state index contributed by atoms with van der Waals surface area (Å²) in [5, 5.41) is 2.58. The Labute approximate surface area is 325 Å². The largest absolute Gasteiger partial charge is 0.228 e. The molecule has 9 aromatic rings. The Kier molecular flexibility index (Phi) is 7.63. The maximum atomic E-state index is 5.29. The van der Waals surface area contributed by atoms with E-state index in [1.54, 1.807) is 5.56 Å². The van der Waals surface area contributed by atoms with Crippen molar-refractivity contribution in [2.75, 3.05) is 0 Å². The zero-order valence-corrected chi connectivity index (χ0v) is 31.3. The second kappa shape index (κ2) is 13.0. The molecule has 0 bridgehead atoms. The van der Waals surface area contributed by atoms with E-state index in [1.807, 2.05) is 17.4 Å². The molecular weight excluding hydrogens is 685 g/mol. The monoisotopic (exact) mass is 722 g/mol. The van der Waals surface area contributed by atoms with Crippen LogP contribution >= 0.6 is 11.3 Å². The third-order valence-corrected chi connectivity index (χ3v) is 13.4. The van der Waals surface area contributed by atoms with E-state index in [4.69, 9.17) is 9.97 Å². The van der Waals surface area contributed by atoms with Gasteiger partial charge in [-0.1, -0.05) is 183 Å². The lowest BCUT2D eigenvalue weighted by molar-refractivity contribution is 0.353. The SMILES string of the molecule is c1ccc(-c2ccc(-c3cc(-c4cccc5c4sc4c(-c6cccc7c6C6(CCCCC6)c6ccccc6-7)cccc45)nc(-c4ccccc4)n3)cc2)cc1. The summed E-state index contributed by atoms with van der Waals surface area (Å²) in [4.78, 5) is 10.5. The third kappa shape index (κ3) is 5.21. The molecule has 0 radical (unpaired) electrons. The smallest absolute Gasteiger partial charge is 0.160 e. The van der Waals surface area contributed by atoms with Crippen LogP contribution in [0.4, 0.5) is 0 Å². The Morgan fingerprint density at radius 2 is 0.927 bits per heavy atom. The van der Waals surface area contributed by atoms with Gasteiger partial charge in [0.15, 0.2) is 5.82 Å². The van der Waals surface area contributed by atoms with Crippen LogP contribution in [-0.2, 0) is 5.41 Å². The van der Waals surface area contributed by atoms with Crippen molar-refractivity contribution in [3.05, 3.63) is 181 Å². The molecule has 2 aliphatic carbocycles. The fraction of sp³-hybridized carbons (Fsp3) is 0.115. The van der Waals surface area contributed by atoms with Crippen LogP contribution in [0.15, 0.2) is 170 Å². The van der Waals surface area contributed by atoms with E-state index in [0.717, 1.165) is 33.9 Å². The van der Waals surface area contributed by atoms with Gasteiger partial charge in [0.25, 0.3) is 0 Å². The Morgan fingerprint density at radius 1 is 0.400 bits per heavy atom. The maximum Gasteiger partial charge on any atom is 0.160 e. The minimum absolute atomic E-state index is 0.0786. The van der Waals surface area contributed by atoms with E-state index in [-0.39, 0.29) is 5.41 Å². The fourth-order valence-corrected chi connectivity index (χ4v) is 11.0. The highest BCUT2D eigenvalue weighted by molar-refractivity contribution is 7.26. The first-order valence-corrected chi connectivity index (χ1v) is 20.4. The Hall–Kier alpha value is -6.16. The van der Waals surface area contributed by atoms with Crippen LogP contribution in [0, 0.1) is 0 Å². The topological polar surface area (TPSA) is 25.8 Å². The molecule has 1 saturated carbocycles. The van der Waals surface area contributed by atoms with Crippen LogP contribution in [0.25, 0.3) is 87.5 Å². The van der Waals surface area contributed by atoms with E-state index in [9.17, 15) is 0 Å². The molecule has 0 atom stereocenters. The number of benzene rings is 7. The van der Waals surface area contributed by atoms with Crippen LogP contribution in [0.5, 0.6) is 0 Å². The lowest BCUT2D eigenvalue weighted by Crippen LogP contribution is -2.28. The number of hydrogen-bond donors (Lipinski definition) is 0. The number of nitrogens with zero attached hydrogens (tertiary/aromatic N) is 2. The van der Waals surface area contributed by atoms with Crippen molar-refractivity contribution < 1.29 is 0 Å². The molecule has 0 saturated heterocycles. The van der Waals surface area contributed by atoms with E-state index >= 15 is 0 Å². The molecule has 2 nitrogen and oxygen atoms in total. The molecule has 0 unspecified atom stereocenters. The van der Waals surface area contributed by atoms with Crippen LogP contribution in [0.2, 0.25) is 0 Å². The highest BCUT2D eigenvalue weighted by Crippen LogP contribution is 2.59. The minimum atomic E-state index is 0.0786. The number of fused-ring (bicyclic) bond motifs is 8. The number of thiophene rings is 1. The normalized spacial score (nSPS) is 14.3. The zero-order valence-electron chi connectivity index (χ0n) is 30.5. The molecule has 2 aliphatic rings. The van der Waals surface area contributed by atoms with Crippen LogP contribution < -0.4 is 0 Å². The molecular formula is C52H38N2S. The third-order valence-electron chi connectivity index (χ3n) is 12.1. The molecule has 2 aromatic heterocycles. The number of hydrogen-bond acceptors (Lipinski definition) is 3. The van der Waals surface area contributed by atoms with E-state index < -0.39 is 0 Å². The summed E-state index contributed by atoms with van der Waals surface area (Å²) < 4.78 is 2.60. The molecule has 0 amide bonds. The van der Waals surface area contributed by atoms with Crippen LogP contribution in [0.1, 0.15) is 43.2 Å². The van der Waals surface area contributed by atoms with Crippen molar-refractivity contribution in [2.24, 2.45) is 0 Å². The number of rotatable bonds is 5. The van der Waals surface area contributed by atoms with Crippen molar-refractivity contribution >= 4 is 31.5 Å². The van der Waals surface area contributed by atoms with Crippen LogP contribution in [-0.4, -0.2) is 9.97 Å². The van der Waals surface area contributed by atoms with Gasteiger partial charge in [-0.15, -0.1) is 11.3 Å². The van der Waals surface area contributed by atoms with Crippen molar-refractivity contribution in [1.29, 1.82) is 0 Å². The van der Waals surface area contributed by atoms with Gasteiger partial charge in [-0.3, -0.25) is 0 Å². The molecule has 262 valence electrons. The molecule has 7 aromatic carbocycles. The van der Waals surface area contributed by atoms with Crippen molar-refractivity contribution in [3.8, 4) is 67.3 Å². The first-order chi connectivity index (χ1) is 27.2. The van der Waals surface area contributed by atoms with Gasteiger partial charge in [0, 0.05) is 42.3 Å². The molecule has 2 heterocycles. The highest BCUT2D eigenvalue weighted by atomic mass is 32.1. The standard InChI is InChI=1S/C52H38N2S/c1-4-15-34(16-5-1)35-27-29-36(30-28-35)46-33-47(54-51(53-46)37-17-6-2-7-18-37)44-25-14-24-43-42-23-13-22-41(49(42)55-50(43)44)40-21-12-20-39-38-19-8-9-26-45(38)52(48(39)40)31-10-3-11-32-52/h1-2,4-9,12-30,33H,3,10-11,31-32H2. The predicted molar refractivity (Wildman–Crippen MR) is 231 cm³/mol. The van der Waals surface area contributed by atoms with Gasteiger partial charge >= 0.3 is 0 Å². The first-order valence-electron chi connectivity index (χ1n) is 19.5. The van der Waals surface area contributed by atoms with E-state index in [2.05, 4.69) is 164 Å². The average molecular weight is 723 g/mol. The van der Waals surface area contributed by atoms with Crippen molar-refractivity contribution in [3.63, 3.8) is 0 Å². The lowest BCUT2D eigenvalue weighted by Gasteiger charge is -2.37. The van der Waals surface area contributed by atoms with E-state index in [0.29, 0.717) is 0 Å². The summed E-state index contributed by atoms with van der Waals surface area (Å²) in [6.07, 6.45) is 6.32. The summed E-state index contributed by atoms with van der Waals surface area (Å²) in [5.74, 6) is 0.733. The van der Waals surface area contributed by atoms with Crippen molar-refractivity contribution in [1.82, 2.24) is 9.97 Å². The summed E-state index contributed by atoms with van der Waals surface area (Å²) in [6.45, 7) is 0. The van der Waals surface area contributed by atoms with Crippen molar-refractivity contribution in [2.45, 2.75) is 37.5 Å². The van der Waals surface area contributed by atoms with Gasteiger partial charge in [0.1, 0.15) is 0 Å². The summed E-state index contributed by atoms with van der Waals surface area (Å²) >= 11 is 1.91. The first kappa shape index (κ1) is 32.3. The molecule has 11 rings (SSSR count). The van der Waals surface area contributed by atoms with Gasteiger partial charge in [-0.05, 0) is 63.4 Å². The van der Waals surface area contributed by atoms with Crippen LogP contribution in [0.3, 0.4) is 0 Å². The molecule has 0 N–H and O–H groups in total. The second-order valence-electron chi connectivity index (χ2n) is 15.2. The fourth-order valence-electron chi connectivity index (χ4n) is 9.61. The average Bonchev–Trinajstić information content (AvgIpc) is 3.78. The van der Waals surface area contributed by atoms with Gasteiger partial charge in [0.2, 0.25) is 0 Å². The van der Waals surface area contributed by atoms with Gasteiger partial charge in [-0.2, -0.15) is 0 Å². The predicted octanol–water partition coefficient (Wildman–Crippen LogP) is 14.4. The highest BCUT2D eigenvalue weighted by Gasteiger charge is 2.45. The Morgan fingerprint density at radius 3 is 1.67 bits per heavy atom. The second-order valence-corrected chi connectivity index (χ2v) is 16.2. The van der Waals surface area contributed by atoms with Gasteiger partial charge < -0.3 is 0 Å². The number of aromatic nitrogens is 2. The Bertz CT molecular complexity index is 2880. The molecule has 3 heteroatoms. The Balaban J connectivity index is 1.09. The minimum Gasteiger partial charge on any atom is -0.228 e. The summed E-state index contributed by atoms with van der Waals surface area (Å²) in [6, 6.07) is 61.8. The molecule has 0 aliphatic heterocycles. The van der Waals surface area contributed by atoms with Gasteiger partial charge in [0.05, 0.1) is 11.4 Å². The maximum absolute atomic E-state index is 5.29. The molecule has 55 heavy (non-hydrogen) atoms. The quantitative estimate of drug-likeness (QED) is 0.177.